The van der Waals surface area contributed by atoms with Gasteiger partial charge in [-0.25, -0.2) is 0 Å². The van der Waals surface area contributed by atoms with Crippen LogP contribution < -0.4 is 20.1 Å². The third-order valence-corrected chi connectivity index (χ3v) is 3.93. The lowest BCUT2D eigenvalue weighted by molar-refractivity contribution is 0.254. The molecule has 2 N–H and O–H groups in total. The van der Waals surface area contributed by atoms with Gasteiger partial charge in [0.15, 0.2) is 5.96 Å². The van der Waals surface area contributed by atoms with Crippen molar-refractivity contribution < 1.29 is 9.47 Å². The molecule has 142 valence electrons. The van der Waals surface area contributed by atoms with Gasteiger partial charge in [-0.3, -0.25) is 4.99 Å². The summed E-state index contributed by atoms with van der Waals surface area (Å²) in [7, 11) is 7.68. The highest BCUT2D eigenvalue weighted by Gasteiger charge is 2.13. The van der Waals surface area contributed by atoms with E-state index in [1.54, 1.807) is 14.2 Å². The quantitative estimate of drug-likeness (QED) is 0.385. The molecule has 0 aromatic heterocycles. The van der Waals surface area contributed by atoms with Gasteiger partial charge in [0.1, 0.15) is 18.1 Å². The SMILES string of the molecule is CN=C(NCCOc1ccc(OC)cc1)NCC(CC(C)C)N(C)C. The molecule has 6 heteroatoms. The topological polar surface area (TPSA) is 58.1 Å². The fourth-order valence-electron chi connectivity index (χ4n) is 2.47. The second-order valence-electron chi connectivity index (χ2n) is 6.65. The van der Waals surface area contributed by atoms with Crippen molar-refractivity contribution in [1.29, 1.82) is 0 Å². The van der Waals surface area contributed by atoms with Gasteiger partial charge in [0.05, 0.1) is 13.7 Å². The number of aliphatic imine (C=N–C) groups is 1. The van der Waals surface area contributed by atoms with Gasteiger partial charge < -0.3 is 25.0 Å². The van der Waals surface area contributed by atoms with E-state index >= 15 is 0 Å². The summed E-state index contributed by atoms with van der Waals surface area (Å²) in [5.74, 6) is 3.12. The molecule has 0 spiro atoms. The maximum Gasteiger partial charge on any atom is 0.191 e. The lowest BCUT2D eigenvalue weighted by atomic mass is 10.0. The zero-order valence-corrected chi connectivity index (χ0v) is 16.5. The predicted octanol–water partition coefficient (Wildman–Crippen LogP) is 2.22. The molecule has 0 saturated heterocycles. The fourth-order valence-corrected chi connectivity index (χ4v) is 2.47. The van der Waals surface area contributed by atoms with E-state index in [1.165, 1.54) is 0 Å². The van der Waals surface area contributed by atoms with Crippen LogP contribution in [0, 0.1) is 5.92 Å². The van der Waals surface area contributed by atoms with Gasteiger partial charge in [0, 0.05) is 19.6 Å². The van der Waals surface area contributed by atoms with E-state index in [1.807, 2.05) is 24.3 Å². The van der Waals surface area contributed by atoms with Crippen molar-refractivity contribution in [3.8, 4) is 11.5 Å². The first kappa shape index (κ1) is 21.1. The van der Waals surface area contributed by atoms with E-state index < -0.39 is 0 Å². The highest BCUT2D eigenvalue weighted by Crippen LogP contribution is 2.16. The highest BCUT2D eigenvalue weighted by molar-refractivity contribution is 5.79. The molecule has 0 aliphatic rings. The molecule has 0 saturated carbocycles. The number of nitrogens with zero attached hydrogens (tertiary/aromatic N) is 2. The number of hydrogen-bond donors (Lipinski definition) is 2. The molecular formula is C19H34N4O2. The van der Waals surface area contributed by atoms with Crippen LogP contribution in [0.3, 0.4) is 0 Å². The number of likely N-dealkylation sites (N-methyl/N-ethyl adjacent to an activating group) is 1. The zero-order chi connectivity index (χ0) is 18.7. The molecule has 0 aliphatic heterocycles. The van der Waals surface area contributed by atoms with Gasteiger partial charge in [-0.1, -0.05) is 13.8 Å². The molecule has 1 atom stereocenters. The molecule has 1 unspecified atom stereocenters. The van der Waals surface area contributed by atoms with Gasteiger partial charge >= 0.3 is 0 Å². The molecule has 0 amide bonds. The Kier molecular flexibility index (Phi) is 9.77. The van der Waals surface area contributed by atoms with Crippen molar-refractivity contribution in [3.63, 3.8) is 0 Å². The number of nitrogens with one attached hydrogen (secondary N) is 2. The maximum atomic E-state index is 5.71. The Labute approximate surface area is 152 Å². The summed E-state index contributed by atoms with van der Waals surface area (Å²) in [4.78, 5) is 6.53. The Morgan fingerprint density at radius 1 is 1.12 bits per heavy atom. The second-order valence-corrected chi connectivity index (χ2v) is 6.65. The highest BCUT2D eigenvalue weighted by atomic mass is 16.5. The predicted molar refractivity (Wildman–Crippen MR) is 105 cm³/mol. The minimum absolute atomic E-state index is 0.481. The Morgan fingerprint density at radius 3 is 2.28 bits per heavy atom. The van der Waals surface area contributed by atoms with Gasteiger partial charge in [-0.15, -0.1) is 0 Å². The number of guanidine groups is 1. The van der Waals surface area contributed by atoms with Crippen molar-refractivity contribution in [2.75, 3.05) is 47.9 Å². The van der Waals surface area contributed by atoms with Gasteiger partial charge in [0.2, 0.25) is 0 Å². The molecule has 1 rings (SSSR count). The first-order chi connectivity index (χ1) is 12.0. The molecule has 0 aliphatic carbocycles. The molecule has 1 aromatic carbocycles. The zero-order valence-electron chi connectivity index (χ0n) is 16.5. The van der Waals surface area contributed by atoms with E-state index in [4.69, 9.17) is 9.47 Å². The van der Waals surface area contributed by atoms with E-state index in [2.05, 4.69) is 48.5 Å². The van der Waals surface area contributed by atoms with Crippen molar-refractivity contribution in [3.05, 3.63) is 24.3 Å². The molecule has 1 aromatic rings. The van der Waals surface area contributed by atoms with Gasteiger partial charge in [-0.2, -0.15) is 0 Å². The first-order valence-corrected chi connectivity index (χ1v) is 8.84. The second kappa shape index (κ2) is 11.6. The number of hydrogen-bond acceptors (Lipinski definition) is 4. The third-order valence-electron chi connectivity index (χ3n) is 3.93. The first-order valence-electron chi connectivity index (χ1n) is 8.84. The molecule has 0 heterocycles. The lowest BCUT2D eigenvalue weighted by Crippen LogP contribution is -2.46. The van der Waals surface area contributed by atoms with E-state index in [9.17, 15) is 0 Å². The van der Waals surface area contributed by atoms with Crippen LogP contribution in [0.15, 0.2) is 29.3 Å². The standard InChI is InChI=1S/C19H34N4O2/c1-15(2)13-16(23(4)5)14-22-19(20-3)21-11-12-25-18-9-7-17(24-6)8-10-18/h7-10,15-16H,11-14H2,1-6H3,(H2,20,21,22). The minimum atomic E-state index is 0.481. The van der Waals surface area contributed by atoms with E-state index in [-0.39, 0.29) is 0 Å². The molecular weight excluding hydrogens is 316 g/mol. The molecule has 0 bridgehead atoms. The van der Waals surface area contributed by atoms with Crippen molar-refractivity contribution in [2.24, 2.45) is 10.9 Å². The average molecular weight is 351 g/mol. The maximum absolute atomic E-state index is 5.71. The summed E-state index contributed by atoms with van der Waals surface area (Å²) in [5, 5.41) is 6.68. The van der Waals surface area contributed by atoms with Crippen LogP contribution in [0.25, 0.3) is 0 Å². The van der Waals surface area contributed by atoms with E-state index in [0.29, 0.717) is 25.1 Å². The van der Waals surface area contributed by atoms with E-state index in [0.717, 1.165) is 30.4 Å². The Morgan fingerprint density at radius 2 is 1.76 bits per heavy atom. The third kappa shape index (κ3) is 8.63. The van der Waals surface area contributed by atoms with Gasteiger partial charge in [-0.05, 0) is 50.7 Å². The Hall–Kier alpha value is -1.95. The van der Waals surface area contributed by atoms with Crippen LogP contribution in [0.2, 0.25) is 0 Å². The molecule has 25 heavy (non-hydrogen) atoms. The summed E-state index contributed by atoms with van der Waals surface area (Å²) >= 11 is 0. The van der Waals surface area contributed by atoms with Crippen LogP contribution in [0.4, 0.5) is 0 Å². The lowest BCUT2D eigenvalue weighted by Gasteiger charge is -2.27. The van der Waals surface area contributed by atoms with Crippen LogP contribution in [-0.2, 0) is 0 Å². The number of methoxy groups -OCH3 is 1. The molecule has 0 fully saturated rings. The number of ether oxygens (including phenoxy) is 2. The van der Waals surface area contributed by atoms with Crippen molar-refractivity contribution in [2.45, 2.75) is 26.3 Å². The summed E-state index contributed by atoms with van der Waals surface area (Å²) in [6, 6.07) is 8.06. The normalized spacial score (nSPS) is 13.0. The molecule has 0 radical (unpaired) electrons. The Balaban J connectivity index is 2.31. The average Bonchev–Trinajstić information content (AvgIpc) is 2.60. The Bertz CT molecular complexity index is 501. The van der Waals surface area contributed by atoms with Crippen molar-refractivity contribution in [1.82, 2.24) is 15.5 Å². The smallest absolute Gasteiger partial charge is 0.191 e. The van der Waals surface area contributed by atoms with Crippen LogP contribution >= 0.6 is 0 Å². The molecule has 6 nitrogen and oxygen atoms in total. The monoisotopic (exact) mass is 350 g/mol. The summed E-state index contributed by atoms with van der Waals surface area (Å²) < 4.78 is 10.8. The van der Waals surface area contributed by atoms with Crippen LogP contribution in [0.1, 0.15) is 20.3 Å². The van der Waals surface area contributed by atoms with Crippen LogP contribution in [-0.4, -0.2) is 64.9 Å². The number of rotatable bonds is 10. The summed E-state index contributed by atoms with van der Waals surface area (Å²) in [5.41, 5.74) is 0. The minimum Gasteiger partial charge on any atom is -0.497 e. The summed E-state index contributed by atoms with van der Waals surface area (Å²) in [6.45, 7) is 6.61. The van der Waals surface area contributed by atoms with Gasteiger partial charge in [0.25, 0.3) is 0 Å². The fraction of sp³-hybridized carbons (Fsp3) is 0.632. The van der Waals surface area contributed by atoms with Crippen molar-refractivity contribution >= 4 is 5.96 Å². The largest absolute Gasteiger partial charge is 0.497 e. The number of benzene rings is 1. The summed E-state index contributed by atoms with van der Waals surface area (Å²) in [6.07, 6.45) is 1.15. The van der Waals surface area contributed by atoms with Crippen LogP contribution in [0.5, 0.6) is 11.5 Å².